The molecule has 1 atom stereocenters. The Kier molecular flexibility index (Phi) is 5.57. The van der Waals surface area contributed by atoms with E-state index >= 15 is 0 Å². The van der Waals surface area contributed by atoms with E-state index in [1.54, 1.807) is 0 Å². The Balaban J connectivity index is 3.62. The molecule has 0 saturated carbocycles. The molecule has 0 aliphatic rings. The van der Waals surface area contributed by atoms with E-state index < -0.39 is 12.0 Å². The molecule has 0 aromatic carbocycles. The van der Waals surface area contributed by atoms with Crippen LogP contribution in [0.2, 0.25) is 0 Å². The highest BCUT2D eigenvalue weighted by Crippen LogP contribution is 1.97. The highest BCUT2D eigenvalue weighted by Gasteiger charge is 2.10. The number of hydrogen-bond acceptors (Lipinski definition) is 4. The molecule has 0 rings (SSSR count). The largest absolute Gasteiger partial charge is 0.787 e. The lowest BCUT2D eigenvalue weighted by atomic mass is 10.2. The summed E-state index contributed by atoms with van der Waals surface area (Å²) in [6.45, 7) is 0.327. The Labute approximate surface area is 75.4 Å². The maximum absolute atomic E-state index is 10.3. The van der Waals surface area contributed by atoms with E-state index in [2.05, 4.69) is 4.99 Å². The number of hydrogen-bond donors (Lipinski definition) is 4. The van der Waals surface area contributed by atoms with E-state index in [-0.39, 0.29) is 12.4 Å². The first-order chi connectivity index (χ1) is 6.07. The molecule has 0 amide bonds. The maximum Gasteiger partial charge on any atom is 0.319 e. The molecule has 0 unspecified atom stereocenters. The Hall–Kier alpha value is -1.34. The van der Waals surface area contributed by atoms with Gasteiger partial charge in [-0.25, -0.2) is 0 Å². The molecule has 0 aliphatic heterocycles. The fourth-order valence-corrected chi connectivity index (χ4v) is 0.736. The van der Waals surface area contributed by atoms with Crippen LogP contribution >= 0.6 is 0 Å². The highest BCUT2D eigenvalue weighted by molar-refractivity contribution is 5.75. The van der Waals surface area contributed by atoms with Gasteiger partial charge in [-0.2, -0.15) is 0 Å². The molecule has 0 bridgehead atoms. The quantitative estimate of drug-likeness (QED) is 0.175. The molecule has 0 radical (unpaired) electrons. The molecule has 0 aliphatic carbocycles. The monoisotopic (exact) mass is 189 g/mol. The summed E-state index contributed by atoms with van der Waals surface area (Å²) >= 11 is 0. The van der Waals surface area contributed by atoms with Gasteiger partial charge in [0.1, 0.15) is 0 Å². The predicted molar refractivity (Wildman–Crippen MR) is 47.8 cm³/mol. The molecule has 7 nitrogen and oxygen atoms in total. The molecule has 0 aromatic heterocycles. The number of nitrogens with one attached hydrogen (secondary N) is 1. The van der Waals surface area contributed by atoms with Crippen molar-refractivity contribution in [2.75, 3.05) is 6.54 Å². The Bertz CT molecular complexity index is 190. The standard InChI is InChI=1S/C6H13N4O3/c7-6(8)9-3-1-2-4(10-13)5(11)12/h4,10H,1-3H2,(H,11,12)(H4,7,8,9)/q-1/t4-/m0/s1. The van der Waals surface area contributed by atoms with Crippen LogP contribution in [-0.2, 0) is 4.79 Å². The highest BCUT2D eigenvalue weighted by atomic mass is 16.5. The van der Waals surface area contributed by atoms with Crippen LogP contribution in [0.5, 0.6) is 0 Å². The molecule has 7 heteroatoms. The number of hydroxylamine groups is 1. The van der Waals surface area contributed by atoms with Crippen LogP contribution < -0.4 is 16.9 Å². The minimum absolute atomic E-state index is 0.0399. The number of carboxylic acids is 1. The predicted octanol–water partition coefficient (Wildman–Crippen LogP) is -1.42. The second-order valence-electron chi connectivity index (χ2n) is 2.46. The molecule has 13 heavy (non-hydrogen) atoms. The second-order valence-corrected chi connectivity index (χ2v) is 2.46. The maximum atomic E-state index is 10.3. The van der Waals surface area contributed by atoms with Gasteiger partial charge in [0.25, 0.3) is 0 Å². The van der Waals surface area contributed by atoms with Gasteiger partial charge < -0.3 is 27.3 Å². The first kappa shape index (κ1) is 11.7. The van der Waals surface area contributed by atoms with Crippen LogP contribution in [-0.4, -0.2) is 29.6 Å². The van der Waals surface area contributed by atoms with Gasteiger partial charge in [0.05, 0.1) is 6.04 Å². The summed E-state index contributed by atoms with van der Waals surface area (Å²) < 4.78 is 0. The van der Waals surface area contributed by atoms with Gasteiger partial charge >= 0.3 is 5.97 Å². The molecule has 76 valence electrons. The number of carbonyl (C=O) groups is 1. The lowest BCUT2D eigenvalue weighted by Gasteiger charge is -2.16. The third-order valence-electron chi connectivity index (χ3n) is 1.39. The Morgan fingerprint density at radius 1 is 1.62 bits per heavy atom. The minimum atomic E-state index is -1.17. The zero-order valence-electron chi connectivity index (χ0n) is 7.06. The van der Waals surface area contributed by atoms with E-state index in [1.165, 1.54) is 5.48 Å². The van der Waals surface area contributed by atoms with E-state index in [0.717, 1.165) is 0 Å². The zero-order valence-corrected chi connectivity index (χ0v) is 7.06. The van der Waals surface area contributed by atoms with Crippen LogP contribution in [0.3, 0.4) is 0 Å². The van der Waals surface area contributed by atoms with Crippen LogP contribution in [0.15, 0.2) is 4.99 Å². The van der Waals surface area contributed by atoms with Crippen molar-refractivity contribution in [3.05, 3.63) is 5.21 Å². The molecular weight excluding hydrogens is 176 g/mol. The molecule has 0 aromatic rings. The third-order valence-corrected chi connectivity index (χ3v) is 1.39. The summed E-state index contributed by atoms with van der Waals surface area (Å²) in [7, 11) is 0. The molecule has 0 saturated heterocycles. The van der Waals surface area contributed by atoms with Gasteiger partial charge in [-0.15, -0.1) is 0 Å². The summed E-state index contributed by atoms with van der Waals surface area (Å²) in [5.41, 5.74) is 11.5. The lowest BCUT2D eigenvalue weighted by Crippen LogP contribution is -2.32. The fourth-order valence-electron chi connectivity index (χ4n) is 0.736. The summed E-state index contributed by atoms with van der Waals surface area (Å²) in [6, 6.07) is -1.07. The molecule has 0 spiro atoms. The van der Waals surface area contributed by atoms with Crippen LogP contribution in [0.1, 0.15) is 12.8 Å². The second kappa shape index (κ2) is 6.21. The zero-order chi connectivity index (χ0) is 10.3. The van der Waals surface area contributed by atoms with Gasteiger partial charge in [0, 0.05) is 6.54 Å². The van der Waals surface area contributed by atoms with E-state index in [1.807, 2.05) is 0 Å². The normalized spacial score (nSPS) is 12.1. The smallest absolute Gasteiger partial charge is 0.319 e. The average Bonchev–Trinajstić information content (AvgIpc) is 2.03. The van der Waals surface area contributed by atoms with Crippen molar-refractivity contribution < 1.29 is 9.90 Å². The Morgan fingerprint density at radius 3 is 2.62 bits per heavy atom. The number of nitrogens with two attached hydrogens (primary N) is 2. The number of rotatable bonds is 6. The summed E-state index contributed by atoms with van der Waals surface area (Å²) in [6.07, 6.45) is 0.653. The topological polar surface area (TPSA) is 137 Å². The van der Waals surface area contributed by atoms with Crippen LogP contribution in [0, 0.1) is 5.21 Å². The number of carboxylic acid groups (broad SMARTS) is 1. The van der Waals surface area contributed by atoms with Crippen LogP contribution in [0.25, 0.3) is 0 Å². The number of aliphatic imine (C=N–C) groups is 1. The first-order valence-corrected chi connectivity index (χ1v) is 3.73. The van der Waals surface area contributed by atoms with Gasteiger partial charge in [0.15, 0.2) is 5.96 Å². The SMILES string of the molecule is NC(N)=NCCC[C@H](N[O-])C(=O)O. The summed E-state index contributed by atoms with van der Waals surface area (Å²) in [5.74, 6) is -1.21. The number of guanidine groups is 1. The number of aliphatic carboxylic acids is 1. The van der Waals surface area contributed by atoms with Crippen LogP contribution in [0.4, 0.5) is 0 Å². The molecule has 0 heterocycles. The van der Waals surface area contributed by atoms with Gasteiger partial charge in [-0.1, -0.05) is 0 Å². The summed E-state index contributed by atoms with van der Waals surface area (Å²) in [5, 5.41) is 18.5. The minimum Gasteiger partial charge on any atom is -0.787 e. The van der Waals surface area contributed by atoms with Crippen molar-refractivity contribution in [1.82, 2.24) is 5.48 Å². The third kappa shape index (κ3) is 5.88. The Morgan fingerprint density at radius 2 is 2.23 bits per heavy atom. The van der Waals surface area contributed by atoms with E-state index in [0.29, 0.717) is 13.0 Å². The first-order valence-electron chi connectivity index (χ1n) is 3.73. The van der Waals surface area contributed by atoms with Gasteiger partial charge in [0.2, 0.25) is 0 Å². The van der Waals surface area contributed by atoms with E-state index in [4.69, 9.17) is 16.6 Å². The van der Waals surface area contributed by atoms with Crippen molar-refractivity contribution in [1.29, 1.82) is 0 Å². The average molecular weight is 189 g/mol. The lowest BCUT2D eigenvalue weighted by molar-refractivity contribution is -0.139. The van der Waals surface area contributed by atoms with Gasteiger partial charge in [-0.3, -0.25) is 9.79 Å². The molecular formula is C6H13N4O3-. The molecule has 6 N–H and O–H groups in total. The van der Waals surface area contributed by atoms with Crippen molar-refractivity contribution in [3.8, 4) is 0 Å². The van der Waals surface area contributed by atoms with Crippen molar-refractivity contribution in [2.45, 2.75) is 18.9 Å². The fraction of sp³-hybridized carbons (Fsp3) is 0.667. The molecule has 0 fully saturated rings. The van der Waals surface area contributed by atoms with E-state index in [9.17, 15) is 10.0 Å². The number of nitrogens with zero attached hydrogens (tertiary/aromatic N) is 1. The van der Waals surface area contributed by atoms with Gasteiger partial charge in [-0.05, 0) is 12.8 Å². The van der Waals surface area contributed by atoms with Crippen molar-refractivity contribution in [2.24, 2.45) is 16.5 Å². The summed E-state index contributed by atoms with van der Waals surface area (Å²) in [4.78, 5) is 14.0. The van der Waals surface area contributed by atoms with Crippen molar-refractivity contribution in [3.63, 3.8) is 0 Å². The van der Waals surface area contributed by atoms with Crippen molar-refractivity contribution >= 4 is 11.9 Å².